The maximum atomic E-state index is 11.5. The van der Waals surface area contributed by atoms with Crippen molar-refractivity contribution in [2.75, 3.05) is 35.6 Å². The lowest BCUT2D eigenvalue weighted by molar-refractivity contribution is 0.161. The standard InChI is InChI=1S/C14H18Cl2N2O4/c15-6-2-8-21-13(19)17-11-4-1-5-12(10-11)18-14(20)22-9-3-7-16/h1,4-5,10H,2-3,6-9H2,(H,17,19)(H,18,20). The Labute approximate surface area is 139 Å². The minimum atomic E-state index is -0.577. The summed E-state index contributed by atoms with van der Waals surface area (Å²) in [5, 5.41) is 5.11. The van der Waals surface area contributed by atoms with Crippen LogP contribution in [0.4, 0.5) is 21.0 Å². The number of rotatable bonds is 8. The fourth-order valence-electron chi connectivity index (χ4n) is 1.42. The van der Waals surface area contributed by atoms with Gasteiger partial charge in [0.15, 0.2) is 0 Å². The third-order valence-electron chi connectivity index (χ3n) is 2.38. The number of anilines is 2. The van der Waals surface area contributed by atoms with Gasteiger partial charge in [-0.25, -0.2) is 9.59 Å². The zero-order valence-electron chi connectivity index (χ0n) is 11.9. The zero-order chi connectivity index (χ0) is 16.2. The Bertz CT molecular complexity index is 446. The molecular formula is C14H18Cl2N2O4. The minimum Gasteiger partial charge on any atom is -0.449 e. The van der Waals surface area contributed by atoms with E-state index in [0.29, 0.717) is 36.0 Å². The first-order chi connectivity index (χ1) is 10.7. The molecule has 0 bridgehead atoms. The summed E-state index contributed by atoms with van der Waals surface area (Å²) in [5.41, 5.74) is 0.990. The summed E-state index contributed by atoms with van der Waals surface area (Å²) in [7, 11) is 0. The number of hydrogen-bond donors (Lipinski definition) is 2. The third kappa shape index (κ3) is 7.95. The van der Waals surface area contributed by atoms with Crippen molar-refractivity contribution in [1.82, 2.24) is 0 Å². The normalized spacial score (nSPS) is 9.91. The highest BCUT2D eigenvalue weighted by Crippen LogP contribution is 2.15. The number of hydrogen-bond acceptors (Lipinski definition) is 4. The van der Waals surface area contributed by atoms with Crippen LogP contribution in [-0.4, -0.2) is 37.2 Å². The summed E-state index contributed by atoms with van der Waals surface area (Å²) in [4.78, 5) is 23.0. The maximum absolute atomic E-state index is 11.5. The first kappa shape index (κ1) is 18.4. The Morgan fingerprint density at radius 2 is 1.36 bits per heavy atom. The van der Waals surface area contributed by atoms with E-state index in [-0.39, 0.29) is 13.2 Å². The smallest absolute Gasteiger partial charge is 0.411 e. The molecule has 0 aliphatic rings. The summed E-state index contributed by atoms with van der Waals surface area (Å²) < 4.78 is 9.83. The molecule has 8 heteroatoms. The Morgan fingerprint density at radius 3 is 1.77 bits per heavy atom. The molecule has 0 aliphatic heterocycles. The van der Waals surface area contributed by atoms with Crippen molar-refractivity contribution in [2.24, 2.45) is 0 Å². The van der Waals surface area contributed by atoms with Gasteiger partial charge in [0, 0.05) is 23.1 Å². The van der Waals surface area contributed by atoms with E-state index in [1.807, 2.05) is 0 Å². The van der Waals surface area contributed by atoms with Crippen LogP contribution in [0.15, 0.2) is 24.3 Å². The van der Waals surface area contributed by atoms with Gasteiger partial charge in [-0.15, -0.1) is 23.2 Å². The predicted octanol–water partition coefficient (Wildman–Crippen LogP) is 4.04. The van der Waals surface area contributed by atoms with E-state index in [4.69, 9.17) is 32.7 Å². The number of ether oxygens (including phenoxy) is 2. The van der Waals surface area contributed by atoms with Crippen molar-refractivity contribution in [1.29, 1.82) is 0 Å². The van der Waals surface area contributed by atoms with Crippen LogP contribution in [0.3, 0.4) is 0 Å². The van der Waals surface area contributed by atoms with Crippen molar-refractivity contribution in [3.05, 3.63) is 24.3 Å². The van der Waals surface area contributed by atoms with Crippen LogP contribution in [0.5, 0.6) is 0 Å². The van der Waals surface area contributed by atoms with E-state index >= 15 is 0 Å². The number of carbonyl (C=O) groups excluding carboxylic acids is 2. The Kier molecular flexibility index (Phi) is 9.18. The summed E-state index contributed by atoms with van der Waals surface area (Å²) >= 11 is 11.0. The van der Waals surface area contributed by atoms with Crippen molar-refractivity contribution in [3.63, 3.8) is 0 Å². The third-order valence-corrected chi connectivity index (χ3v) is 2.91. The summed E-state index contributed by atoms with van der Waals surface area (Å²) in [6, 6.07) is 6.62. The van der Waals surface area contributed by atoms with Gasteiger partial charge in [0.05, 0.1) is 13.2 Å². The molecule has 122 valence electrons. The Balaban J connectivity index is 2.44. The number of benzene rings is 1. The molecule has 0 saturated carbocycles. The van der Waals surface area contributed by atoms with Gasteiger partial charge in [-0.05, 0) is 31.0 Å². The highest BCUT2D eigenvalue weighted by Gasteiger charge is 2.06. The topological polar surface area (TPSA) is 76.7 Å². The SMILES string of the molecule is O=C(Nc1cccc(NC(=O)OCCCCl)c1)OCCCCl. The molecule has 22 heavy (non-hydrogen) atoms. The van der Waals surface area contributed by atoms with Crippen LogP contribution >= 0.6 is 23.2 Å². The van der Waals surface area contributed by atoms with Crippen molar-refractivity contribution < 1.29 is 19.1 Å². The molecule has 0 unspecified atom stereocenters. The monoisotopic (exact) mass is 348 g/mol. The van der Waals surface area contributed by atoms with Crippen molar-refractivity contribution in [2.45, 2.75) is 12.8 Å². The molecule has 0 saturated heterocycles. The highest BCUT2D eigenvalue weighted by atomic mass is 35.5. The van der Waals surface area contributed by atoms with Gasteiger partial charge in [0.2, 0.25) is 0 Å². The van der Waals surface area contributed by atoms with Crippen LogP contribution < -0.4 is 10.6 Å². The lowest BCUT2D eigenvalue weighted by atomic mass is 10.3. The number of alkyl halides is 2. The summed E-state index contributed by atoms with van der Waals surface area (Å²) in [5.74, 6) is 0.858. The molecule has 0 radical (unpaired) electrons. The second-order valence-corrected chi connectivity index (χ2v) is 4.94. The second-order valence-electron chi connectivity index (χ2n) is 4.19. The molecule has 2 amide bonds. The molecular weight excluding hydrogens is 331 g/mol. The number of nitrogens with one attached hydrogen (secondary N) is 2. The predicted molar refractivity (Wildman–Crippen MR) is 87.1 cm³/mol. The molecule has 0 heterocycles. The van der Waals surface area contributed by atoms with Crippen LogP contribution in [-0.2, 0) is 9.47 Å². The van der Waals surface area contributed by atoms with E-state index in [9.17, 15) is 9.59 Å². The van der Waals surface area contributed by atoms with Gasteiger partial charge >= 0.3 is 12.2 Å². The van der Waals surface area contributed by atoms with Gasteiger partial charge in [0.25, 0.3) is 0 Å². The first-order valence-electron chi connectivity index (χ1n) is 6.75. The Hall–Kier alpha value is -1.66. The fraction of sp³-hybridized carbons (Fsp3) is 0.429. The van der Waals surface area contributed by atoms with E-state index in [0.717, 1.165) is 0 Å². The zero-order valence-corrected chi connectivity index (χ0v) is 13.5. The van der Waals surface area contributed by atoms with Gasteiger partial charge in [-0.2, -0.15) is 0 Å². The van der Waals surface area contributed by atoms with Gasteiger partial charge in [-0.3, -0.25) is 10.6 Å². The van der Waals surface area contributed by atoms with E-state index < -0.39 is 12.2 Å². The van der Waals surface area contributed by atoms with Crippen molar-refractivity contribution in [3.8, 4) is 0 Å². The number of amides is 2. The molecule has 1 aromatic carbocycles. The molecule has 0 aliphatic carbocycles. The maximum Gasteiger partial charge on any atom is 0.411 e. The molecule has 1 rings (SSSR count). The first-order valence-corrected chi connectivity index (χ1v) is 7.82. The van der Waals surface area contributed by atoms with Crippen LogP contribution in [0.1, 0.15) is 12.8 Å². The van der Waals surface area contributed by atoms with Crippen LogP contribution in [0.2, 0.25) is 0 Å². The largest absolute Gasteiger partial charge is 0.449 e. The minimum absolute atomic E-state index is 0.250. The molecule has 1 aromatic rings. The highest BCUT2D eigenvalue weighted by molar-refractivity contribution is 6.18. The quantitative estimate of drug-likeness (QED) is 0.549. The van der Waals surface area contributed by atoms with E-state index in [1.165, 1.54) is 0 Å². The molecule has 0 fully saturated rings. The Morgan fingerprint density at radius 1 is 0.909 bits per heavy atom. The van der Waals surface area contributed by atoms with Crippen LogP contribution in [0.25, 0.3) is 0 Å². The molecule has 0 spiro atoms. The van der Waals surface area contributed by atoms with Crippen LogP contribution in [0, 0.1) is 0 Å². The average molecular weight is 349 g/mol. The average Bonchev–Trinajstić information content (AvgIpc) is 2.48. The lowest BCUT2D eigenvalue weighted by Gasteiger charge is -2.09. The van der Waals surface area contributed by atoms with Gasteiger partial charge in [0.1, 0.15) is 0 Å². The van der Waals surface area contributed by atoms with Gasteiger partial charge < -0.3 is 9.47 Å². The number of halogens is 2. The number of carbonyl (C=O) groups is 2. The summed E-state index contributed by atoms with van der Waals surface area (Å²) in [6.07, 6.45) is 0.0222. The second kappa shape index (κ2) is 11.0. The fourth-order valence-corrected chi connectivity index (χ4v) is 1.64. The van der Waals surface area contributed by atoms with Gasteiger partial charge in [-0.1, -0.05) is 6.07 Å². The molecule has 2 N–H and O–H groups in total. The summed E-state index contributed by atoms with van der Waals surface area (Å²) in [6.45, 7) is 0.500. The molecule has 0 atom stereocenters. The van der Waals surface area contributed by atoms with Crippen molar-refractivity contribution >= 4 is 46.8 Å². The van der Waals surface area contributed by atoms with E-state index in [2.05, 4.69) is 10.6 Å². The molecule has 0 aromatic heterocycles. The lowest BCUT2D eigenvalue weighted by Crippen LogP contribution is -2.16. The van der Waals surface area contributed by atoms with E-state index in [1.54, 1.807) is 24.3 Å². The molecule has 6 nitrogen and oxygen atoms in total.